The largest absolute Gasteiger partial charge is 0.323 e. The van der Waals surface area contributed by atoms with Gasteiger partial charge >= 0.3 is 0 Å². The third-order valence-corrected chi connectivity index (χ3v) is 7.67. The van der Waals surface area contributed by atoms with Crippen LogP contribution in [0.5, 0.6) is 0 Å². The Balaban J connectivity index is 1.70. The van der Waals surface area contributed by atoms with Gasteiger partial charge in [-0.05, 0) is 89.3 Å². The van der Waals surface area contributed by atoms with Gasteiger partial charge in [0.05, 0.1) is 3.79 Å². The van der Waals surface area contributed by atoms with E-state index in [2.05, 4.69) is 35.0 Å². The smallest absolute Gasteiger partial charge is 0.0701 e. The monoisotopic (exact) mass is 339 g/mol. The molecule has 3 heteroatoms. The molecule has 0 amide bonds. The van der Waals surface area contributed by atoms with E-state index in [1.807, 2.05) is 11.3 Å². The van der Waals surface area contributed by atoms with Gasteiger partial charge in [0, 0.05) is 10.9 Å². The fourth-order valence-electron chi connectivity index (χ4n) is 5.96. The Hall–Kier alpha value is 0.140. The Bertz CT molecular complexity index is 495. The van der Waals surface area contributed by atoms with Crippen LogP contribution in [0.4, 0.5) is 0 Å². The second-order valence-electron chi connectivity index (χ2n) is 7.75. The molecule has 3 unspecified atom stereocenters. The van der Waals surface area contributed by atoms with Crippen LogP contribution in [-0.2, 0) is 0 Å². The highest BCUT2D eigenvalue weighted by atomic mass is 79.9. The third-order valence-electron chi connectivity index (χ3n) is 5.96. The molecule has 3 atom stereocenters. The van der Waals surface area contributed by atoms with Crippen molar-refractivity contribution in [3.63, 3.8) is 0 Å². The van der Waals surface area contributed by atoms with E-state index in [0.717, 1.165) is 11.8 Å². The summed E-state index contributed by atoms with van der Waals surface area (Å²) in [5, 5.41) is 0. The highest BCUT2D eigenvalue weighted by Gasteiger charge is 2.58. The molecule has 0 saturated heterocycles. The van der Waals surface area contributed by atoms with Crippen molar-refractivity contribution in [1.82, 2.24) is 0 Å². The molecule has 4 bridgehead atoms. The molecule has 1 aromatic heterocycles. The minimum atomic E-state index is 0.258. The molecule has 104 valence electrons. The average Bonchev–Trinajstić information content (AvgIpc) is 2.71. The maximum Gasteiger partial charge on any atom is 0.0701 e. The van der Waals surface area contributed by atoms with Crippen LogP contribution in [0.25, 0.3) is 0 Å². The lowest BCUT2D eigenvalue weighted by Gasteiger charge is -2.63. The summed E-state index contributed by atoms with van der Waals surface area (Å²) in [5.74, 6) is 1.92. The highest BCUT2D eigenvalue weighted by molar-refractivity contribution is 9.11. The predicted octanol–water partition coefficient (Wildman–Crippen LogP) is 5.12. The lowest BCUT2D eigenvalue weighted by atomic mass is 9.43. The fraction of sp³-hybridized carbons (Fsp3) is 0.750. The van der Waals surface area contributed by atoms with Gasteiger partial charge in [-0.1, -0.05) is 6.92 Å². The van der Waals surface area contributed by atoms with Crippen molar-refractivity contribution in [2.75, 3.05) is 0 Å². The first-order chi connectivity index (χ1) is 8.98. The molecule has 0 aromatic carbocycles. The van der Waals surface area contributed by atoms with Crippen molar-refractivity contribution in [3.8, 4) is 0 Å². The van der Waals surface area contributed by atoms with Crippen LogP contribution in [0.3, 0.4) is 0 Å². The van der Waals surface area contributed by atoms with Crippen LogP contribution in [0.15, 0.2) is 15.9 Å². The molecule has 4 fully saturated rings. The quantitative estimate of drug-likeness (QED) is 0.795. The van der Waals surface area contributed by atoms with Gasteiger partial charge in [0.25, 0.3) is 0 Å². The molecule has 0 aliphatic heterocycles. The number of rotatable bonds is 2. The van der Waals surface area contributed by atoms with Gasteiger partial charge in [-0.25, -0.2) is 0 Å². The van der Waals surface area contributed by atoms with Crippen molar-refractivity contribution in [2.24, 2.45) is 28.4 Å². The molecule has 4 saturated carbocycles. The summed E-state index contributed by atoms with van der Waals surface area (Å²) in [6, 6.07) is 4.65. The molecule has 2 N–H and O–H groups in total. The Morgan fingerprint density at radius 3 is 2.47 bits per heavy atom. The first-order valence-electron chi connectivity index (χ1n) is 7.49. The molecular weight excluding hydrogens is 318 g/mol. The summed E-state index contributed by atoms with van der Waals surface area (Å²) in [6.45, 7) is 2.52. The van der Waals surface area contributed by atoms with Gasteiger partial charge in [-0.3, -0.25) is 0 Å². The molecule has 1 heterocycles. The van der Waals surface area contributed by atoms with Crippen LogP contribution >= 0.6 is 27.3 Å². The molecule has 4 aliphatic carbocycles. The van der Waals surface area contributed by atoms with Crippen LogP contribution in [-0.4, -0.2) is 0 Å². The van der Waals surface area contributed by atoms with Gasteiger partial charge in [0.2, 0.25) is 0 Å². The lowest BCUT2D eigenvalue weighted by Crippen LogP contribution is -2.54. The van der Waals surface area contributed by atoms with E-state index in [0.29, 0.717) is 10.8 Å². The zero-order valence-corrected chi connectivity index (χ0v) is 13.9. The fourth-order valence-corrected chi connectivity index (χ4v) is 7.53. The standard InChI is InChI=1S/C16H22BrNS/c1-15-5-10-4-11(6-15)8-16(7-10,9-15)14(18)12-2-3-13(17)19-12/h2-3,10-11,14H,4-9,18H2,1H3. The van der Waals surface area contributed by atoms with Crippen LogP contribution in [0.2, 0.25) is 0 Å². The van der Waals surface area contributed by atoms with Crippen LogP contribution < -0.4 is 5.73 Å². The van der Waals surface area contributed by atoms with E-state index in [4.69, 9.17) is 5.73 Å². The maximum absolute atomic E-state index is 6.76. The zero-order chi connectivity index (χ0) is 13.3. The van der Waals surface area contributed by atoms with Crippen molar-refractivity contribution >= 4 is 27.3 Å². The molecular formula is C16H22BrNS. The van der Waals surface area contributed by atoms with E-state index >= 15 is 0 Å². The van der Waals surface area contributed by atoms with Crippen molar-refractivity contribution in [2.45, 2.75) is 51.5 Å². The van der Waals surface area contributed by atoms with Gasteiger partial charge in [0.1, 0.15) is 0 Å². The molecule has 4 aliphatic rings. The molecule has 5 rings (SSSR count). The normalized spacial score (nSPS) is 45.6. The Labute approximate surface area is 128 Å². The first-order valence-corrected chi connectivity index (χ1v) is 9.10. The Kier molecular flexibility index (Phi) is 2.76. The summed E-state index contributed by atoms with van der Waals surface area (Å²) in [6.07, 6.45) is 8.55. The van der Waals surface area contributed by atoms with Gasteiger partial charge in [-0.15, -0.1) is 11.3 Å². The predicted molar refractivity (Wildman–Crippen MR) is 84.2 cm³/mol. The average molecular weight is 340 g/mol. The maximum atomic E-state index is 6.76. The zero-order valence-electron chi connectivity index (χ0n) is 11.5. The summed E-state index contributed by atoms with van der Waals surface area (Å²) in [5.41, 5.74) is 7.76. The van der Waals surface area contributed by atoms with Crippen molar-refractivity contribution < 1.29 is 0 Å². The molecule has 1 aromatic rings. The van der Waals surface area contributed by atoms with Crippen LogP contribution in [0.1, 0.15) is 56.4 Å². The van der Waals surface area contributed by atoms with Crippen molar-refractivity contribution in [1.29, 1.82) is 0 Å². The number of hydrogen-bond acceptors (Lipinski definition) is 2. The van der Waals surface area contributed by atoms with Crippen LogP contribution in [0, 0.1) is 22.7 Å². The summed E-state index contributed by atoms with van der Waals surface area (Å²) < 4.78 is 1.22. The minimum absolute atomic E-state index is 0.258. The molecule has 0 radical (unpaired) electrons. The summed E-state index contributed by atoms with van der Waals surface area (Å²) in [7, 11) is 0. The topological polar surface area (TPSA) is 26.0 Å². The van der Waals surface area contributed by atoms with E-state index in [1.54, 1.807) is 0 Å². The third kappa shape index (κ3) is 1.96. The summed E-state index contributed by atoms with van der Waals surface area (Å²) in [4.78, 5) is 1.39. The van der Waals surface area contributed by atoms with Gasteiger partial charge in [0.15, 0.2) is 0 Å². The van der Waals surface area contributed by atoms with E-state index in [1.165, 1.54) is 47.2 Å². The number of nitrogens with two attached hydrogens (primary N) is 1. The number of thiophene rings is 1. The second kappa shape index (κ2) is 4.08. The summed E-state index contributed by atoms with van der Waals surface area (Å²) >= 11 is 5.42. The van der Waals surface area contributed by atoms with E-state index < -0.39 is 0 Å². The van der Waals surface area contributed by atoms with Gasteiger partial charge in [-0.2, -0.15) is 0 Å². The Morgan fingerprint density at radius 2 is 1.95 bits per heavy atom. The molecule has 1 nitrogen and oxygen atoms in total. The first kappa shape index (κ1) is 12.8. The SMILES string of the molecule is CC12CC3CC(C1)CC(C(N)c1ccc(Br)s1)(C3)C2. The second-order valence-corrected chi connectivity index (χ2v) is 10.2. The number of halogens is 1. The minimum Gasteiger partial charge on any atom is -0.323 e. The van der Waals surface area contributed by atoms with Crippen molar-refractivity contribution in [3.05, 3.63) is 20.8 Å². The molecule has 19 heavy (non-hydrogen) atoms. The van der Waals surface area contributed by atoms with Gasteiger partial charge < -0.3 is 5.73 Å². The van der Waals surface area contributed by atoms with E-state index in [9.17, 15) is 0 Å². The highest BCUT2D eigenvalue weighted by Crippen LogP contribution is 2.68. The number of hydrogen-bond donors (Lipinski definition) is 1. The Morgan fingerprint density at radius 1 is 1.26 bits per heavy atom. The lowest BCUT2D eigenvalue weighted by molar-refractivity contribution is -0.113. The van der Waals surface area contributed by atoms with E-state index in [-0.39, 0.29) is 6.04 Å². The molecule has 0 spiro atoms.